The number of anilines is 1. The highest BCUT2D eigenvalue weighted by Crippen LogP contribution is 2.16. The van der Waals surface area contributed by atoms with E-state index in [2.05, 4.69) is 17.2 Å². The minimum absolute atomic E-state index is 0.0515. The molecule has 0 radical (unpaired) electrons. The average molecular weight is 466 g/mol. The maximum atomic E-state index is 12.6. The molecule has 0 aliphatic heterocycles. The number of nitrogens with zero attached hydrogens (tertiary/aromatic N) is 2. The first-order valence-corrected chi connectivity index (χ1v) is 10.7. The SMILES string of the molecule is COc1ccc(C#CCn2c(Cl)c(NC(=O)CCc3ccc(C)cc3)c(=O)n(C)c2=O)cc1. The van der Waals surface area contributed by atoms with Crippen molar-refractivity contribution in [2.45, 2.75) is 26.3 Å². The summed E-state index contributed by atoms with van der Waals surface area (Å²) in [6, 6.07) is 15.0. The Morgan fingerprint density at radius 2 is 1.76 bits per heavy atom. The molecule has 0 atom stereocenters. The third-order valence-corrected chi connectivity index (χ3v) is 5.46. The number of aryl methyl sites for hydroxylation is 2. The van der Waals surface area contributed by atoms with E-state index in [1.807, 2.05) is 31.2 Å². The lowest BCUT2D eigenvalue weighted by molar-refractivity contribution is -0.116. The molecule has 1 N–H and O–H groups in total. The molecule has 2 aromatic carbocycles. The summed E-state index contributed by atoms with van der Waals surface area (Å²) in [5.41, 5.74) is 1.44. The first-order valence-electron chi connectivity index (χ1n) is 10.3. The Bertz CT molecular complexity index is 1330. The van der Waals surface area contributed by atoms with Crippen molar-refractivity contribution in [1.29, 1.82) is 0 Å². The van der Waals surface area contributed by atoms with Crippen molar-refractivity contribution < 1.29 is 9.53 Å². The second kappa shape index (κ2) is 10.7. The Balaban J connectivity index is 1.78. The minimum atomic E-state index is -0.673. The third kappa shape index (κ3) is 5.93. The van der Waals surface area contributed by atoms with Crippen LogP contribution in [0.15, 0.2) is 58.1 Å². The fourth-order valence-corrected chi connectivity index (χ4v) is 3.35. The number of hydrogen-bond donors (Lipinski definition) is 1. The van der Waals surface area contributed by atoms with Crippen molar-refractivity contribution in [3.8, 4) is 17.6 Å². The number of nitrogens with one attached hydrogen (secondary N) is 1. The number of rotatable bonds is 6. The van der Waals surface area contributed by atoms with Gasteiger partial charge < -0.3 is 10.1 Å². The van der Waals surface area contributed by atoms with Crippen LogP contribution < -0.4 is 21.3 Å². The molecule has 0 bridgehead atoms. The average Bonchev–Trinajstić information content (AvgIpc) is 2.82. The molecular formula is C25H24ClN3O4. The highest BCUT2D eigenvalue weighted by molar-refractivity contribution is 6.32. The Labute approximate surface area is 196 Å². The molecule has 3 rings (SSSR count). The maximum absolute atomic E-state index is 12.6. The Morgan fingerprint density at radius 1 is 1.09 bits per heavy atom. The zero-order chi connectivity index (χ0) is 24.0. The van der Waals surface area contributed by atoms with Crippen LogP contribution in [0.3, 0.4) is 0 Å². The van der Waals surface area contributed by atoms with E-state index < -0.39 is 11.2 Å². The number of aromatic nitrogens is 2. The van der Waals surface area contributed by atoms with Crippen LogP contribution in [-0.4, -0.2) is 22.2 Å². The van der Waals surface area contributed by atoms with Crippen LogP contribution in [0.4, 0.5) is 5.69 Å². The fourth-order valence-electron chi connectivity index (χ4n) is 3.09. The van der Waals surface area contributed by atoms with Crippen LogP contribution in [0.1, 0.15) is 23.1 Å². The molecule has 0 unspecified atom stereocenters. The van der Waals surface area contributed by atoms with E-state index in [4.69, 9.17) is 16.3 Å². The molecule has 0 saturated carbocycles. The molecule has 0 aliphatic rings. The van der Waals surface area contributed by atoms with Gasteiger partial charge >= 0.3 is 5.69 Å². The molecule has 33 heavy (non-hydrogen) atoms. The quantitative estimate of drug-likeness (QED) is 0.448. The smallest absolute Gasteiger partial charge is 0.332 e. The van der Waals surface area contributed by atoms with Crippen LogP contribution in [0, 0.1) is 18.8 Å². The third-order valence-electron chi connectivity index (χ3n) is 5.07. The van der Waals surface area contributed by atoms with Gasteiger partial charge in [0.05, 0.1) is 13.7 Å². The topological polar surface area (TPSA) is 82.3 Å². The van der Waals surface area contributed by atoms with Crippen molar-refractivity contribution >= 4 is 23.2 Å². The first kappa shape index (κ1) is 23.9. The van der Waals surface area contributed by atoms with E-state index in [1.54, 1.807) is 31.4 Å². The molecule has 0 fully saturated rings. The number of methoxy groups -OCH3 is 1. The zero-order valence-electron chi connectivity index (χ0n) is 18.6. The number of benzene rings is 2. The predicted molar refractivity (Wildman–Crippen MR) is 129 cm³/mol. The standard InChI is InChI=1S/C25H24ClN3O4/c1-17-6-8-19(9-7-17)12-15-21(30)27-22-23(26)29(25(32)28(2)24(22)31)16-4-5-18-10-13-20(33-3)14-11-18/h6-11,13-14H,12,15-16H2,1-3H3,(H,27,30). The molecule has 0 spiro atoms. The predicted octanol–water partition coefficient (Wildman–Crippen LogP) is 3.14. The summed E-state index contributed by atoms with van der Waals surface area (Å²) in [5, 5.41) is 2.41. The van der Waals surface area contributed by atoms with Gasteiger partial charge in [-0.1, -0.05) is 53.3 Å². The molecule has 170 valence electrons. The van der Waals surface area contributed by atoms with Crippen LogP contribution in [0.25, 0.3) is 0 Å². The van der Waals surface area contributed by atoms with E-state index in [0.29, 0.717) is 12.2 Å². The molecule has 3 aromatic rings. The summed E-state index contributed by atoms with van der Waals surface area (Å²) in [6.07, 6.45) is 0.677. The number of ether oxygens (including phenoxy) is 1. The number of carbonyl (C=O) groups is 1. The van der Waals surface area contributed by atoms with Crippen LogP contribution in [-0.2, 0) is 24.8 Å². The van der Waals surface area contributed by atoms with Gasteiger partial charge in [-0.25, -0.2) is 4.79 Å². The van der Waals surface area contributed by atoms with Gasteiger partial charge in [-0.3, -0.25) is 18.7 Å². The Hall–Kier alpha value is -3.76. The van der Waals surface area contributed by atoms with Gasteiger partial charge in [0.15, 0.2) is 0 Å². The summed E-state index contributed by atoms with van der Waals surface area (Å²) in [5.74, 6) is 6.15. The number of hydrogen-bond acceptors (Lipinski definition) is 4. The van der Waals surface area contributed by atoms with E-state index in [0.717, 1.165) is 25.8 Å². The van der Waals surface area contributed by atoms with Gasteiger partial charge in [0, 0.05) is 19.0 Å². The molecule has 8 heteroatoms. The number of halogens is 1. The van der Waals surface area contributed by atoms with Gasteiger partial charge in [-0.2, -0.15) is 0 Å². The maximum Gasteiger partial charge on any atom is 0.332 e. The minimum Gasteiger partial charge on any atom is -0.497 e. The van der Waals surface area contributed by atoms with E-state index >= 15 is 0 Å². The van der Waals surface area contributed by atoms with Crippen molar-refractivity contribution in [1.82, 2.24) is 9.13 Å². The number of amides is 1. The number of carbonyl (C=O) groups excluding carboxylic acids is 1. The van der Waals surface area contributed by atoms with E-state index in [9.17, 15) is 14.4 Å². The lowest BCUT2D eigenvalue weighted by atomic mass is 10.1. The normalized spacial score (nSPS) is 10.3. The van der Waals surface area contributed by atoms with Gasteiger partial charge in [0.1, 0.15) is 16.6 Å². The zero-order valence-corrected chi connectivity index (χ0v) is 19.4. The van der Waals surface area contributed by atoms with Crippen molar-refractivity contribution in [2.75, 3.05) is 12.4 Å². The Kier molecular flexibility index (Phi) is 7.75. The van der Waals surface area contributed by atoms with Crippen LogP contribution in [0.5, 0.6) is 5.75 Å². The highest BCUT2D eigenvalue weighted by Gasteiger charge is 2.17. The summed E-state index contributed by atoms with van der Waals surface area (Å²) in [6.45, 7) is 1.94. The van der Waals surface area contributed by atoms with Crippen molar-refractivity contribution in [3.63, 3.8) is 0 Å². The lowest BCUT2D eigenvalue weighted by Gasteiger charge is -2.13. The molecule has 1 aromatic heterocycles. The second-order valence-electron chi connectivity index (χ2n) is 7.46. The molecule has 7 nitrogen and oxygen atoms in total. The fraction of sp³-hybridized carbons (Fsp3) is 0.240. The van der Waals surface area contributed by atoms with Gasteiger partial charge in [-0.05, 0) is 43.2 Å². The van der Waals surface area contributed by atoms with E-state index in [-0.39, 0.29) is 29.7 Å². The van der Waals surface area contributed by atoms with Crippen LogP contribution >= 0.6 is 11.6 Å². The summed E-state index contributed by atoms with van der Waals surface area (Å²) in [7, 11) is 2.91. The first-order chi connectivity index (χ1) is 15.8. The Morgan fingerprint density at radius 3 is 2.39 bits per heavy atom. The highest BCUT2D eigenvalue weighted by atomic mass is 35.5. The van der Waals surface area contributed by atoms with Gasteiger partial charge in [0.2, 0.25) is 5.91 Å². The molecule has 0 aliphatic carbocycles. The largest absolute Gasteiger partial charge is 0.497 e. The summed E-state index contributed by atoms with van der Waals surface area (Å²) >= 11 is 6.34. The van der Waals surface area contributed by atoms with E-state index in [1.165, 1.54) is 7.05 Å². The summed E-state index contributed by atoms with van der Waals surface area (Å²) in [4.78, 5) is 37.6. The molecule has 1 heterocycles. The monoisotopic (exact) mass is 465 g/mol. The lowest BCUT2D eigenvalue weighted by Crippen LogP contribution is -2.40. The second-order valence-corrected chi connectivity index (χ2v) is 7.82. The van der Waals surface area contributed by atoms with Crippen molar-refractivity contribution in [2.24, 2.45) is 7.05 Å². The van der Waals surface area contributed by atoms with Crippen molar-refractivity contribution in [3.05, 3.63) is 91.2 Å². The van der Waals surface area contributed by atoms with Gasteiger partial charge in [-0.15, -0.1) is 0 Å². The summed E-state index contributed by atoms with van der Waals surface area (Å²) < 4.78 is 7.16. The molecule has 1 amide bonds. The van der Waals surface area contributed by atoms with Crippen LogP contribution in [0.2, 0.25) is 5.15 Å². The molecule has 0 saturated heterocycles. The molecular weight excluding hydrogens is 442 g/mol. The van der Waals surface area contributed by atoms with Gasteiger partial charge in [0.25, 0.3) is 5.56 Å².